The summed E-state index contributed by atoms with van der Waals surface area (Å²) in [6.45, 7) is 0.922. The van der Waals surface area contributed by atoms with Crippen LogP contribution in [-0.4, -0.2) is 39.6 Å². The minimum atomic E-state index is -0.0281. The molecule has 0 aliphatic heterocycles. The molecule has 1 amide bonds. The van der Waals surface area contributed by atoms with Crippen molar-refractivity contribution in [3.63, 3.8) is 0 Å². The lowest BCUT2D eigenvalue weighted by Gasteiger charge is -2.09. The molecule has 0 bridgehead atoms. The summed E-state index contributed by atoms with van der Waals surface area (Å²) in [7, 11) is 0. The van der Waals surface area contributed by atoms with Gasteiger partial charge in [-0.3, -0.25) is 9.36 Å². The van der Waals surface area contributed by atoms with Gasteiger partial charge in [0.25, 0.3) is 0 Å². The number of rotatable bonds is 9. The third-order valence-electron chi connectivity index (χ3n) is 4.09. The molecule has 0 atom stereocenters. The van der Waals surface area contributed by atoms with E-state index in [9.17, 15) is 4.79 Å². The van der Waals surface area contributed by atoms with Gasteiger partial charge in [0.1, 0.15) is 12.4 Å². The van der Waals surface area contributed by atoms with Crippen LogP contribution in [0.25, 0.3) is 10.7 Å². The average Bonchev–Trinajstić information content (AvgIpc) is 3.21. The Morgan fingerprint density at radius 3 is 2.81 bits per heavy atom. The van der Waals surface area contributed by atoms with Crippen LogP contribution in [0.1, 0.15) is 18.9 Å². The highest BCUT2D eigenvalue weighted by atomic mass is 32.2. The second-order valence-electron chi connectivity index (χ2n) is 6.18. The van der Waals surface area contributed by atoms with E-state index in [2.05, 4.69) is 26.1 Å². The van der Waals surface area contributed by atoms with Crippen molar-refractivity contribution in [3.8, 4) is 16.5 Å². The van der Waals surface area contributed by atoms with Gasteiger partial charge in [-0.05, 0) is 36.4 Å². The number of ether oxygens (including phenoxy) is 1. The number of amides is 1. The maximum Gasteiger partial charge on any atom is 0.230 e. The second kappa shape index (κ2) is 8.58. The van der Waals surface area contributed by atoms with Gasteiger partial charge in [0.2, 0.25) is 5.91 Å². The van der Waals surface area contributed by atoms with Gasteiger partial charge in [-0.1, -0.05) is 36.0 Å². The molecule has 6 nitrogen and oxygen atoms in total. The number of carbonyl (C=O) groups excluding carboxylic acids is 1. The van der Waals surface area contributed by atoms with E-state index >= 15 is 0 Å². The maximum absolute atomic E-state index is 12.1. The maximum atomic E-state index is 12.1. The third kappa shape index (κ3) is 4.70. The molecule has 0 unspecified atom stereocenters. The molecular weight excluding hydrogens is 380 g/mol. The van der Waals surface area contributed by atoms with Crippen molar-refractivity contribution in [1.82, 2.24) is 20.1 Å². The Hall–Kier alpha value is -2.32. The number of hydrogen-bond acceptors (Lipinski definition) is 6. The Bertz CT molecular complexity index is 877. The minimum Gasteiger partial charge on any atom is -0.492 e. The summed E-state index contributed by atoms with van der Waals surface area (Å²) in [5.41, 5.74) is 0. The molecule has 1 aliphatic carbocycles. The van der Waals surface area contributed by atoms with Crippen molar-refractivity contribution >= 4 is 29.0 Å². The van der Waals surface area contributed by atoms with E-state index in [4.69, 9.17) is 4.74 Å². The molecule has 27 heavy (non-hydrogen) atoms. The number of benzene rings is 1. The summed E-state index contributed by atoms with van der Waals surface area (Å²) in [5.74, 6) is 2.01. The lowest BCUT2D eigenvalue weighted by Crippen LogP contribution is -2.29. The number of carbonyl (C=O) groups is 1. The topological polar surface area (TPSA) is 69.0 Å². The molecule has 0 radical (unpaired) electrons. The standard InChI is InChI=1S/C19H20N4O2S2/c24-17(20-10-11-25-15-5-2-1-3-6-15)13-27-19-22-21-18(16-7-4-12-26-16)23(19)14-8-9-14/h1-7,12,14H,8-11,13H2,(H,20,24). The van der Waals surface area contributed by atoms with Gasteiger partial charge in [-0.25, -0.2) is 0 Å². The molecule has 1 aromatic carbocycles. The number of nitrogens with zero attached hydrogens (tertiary/aromatic N) is 3. The molecule has 1 saturated carbocycles. The average molecular weight is 401 g/mol. The fraction of sp³-hybridized carbons (Fsp3) is 0.316. The van der Waals surface area contributed by atoms with E-state index in [0.717, 1.165) is 34.4 Å². The molecule has 1 aliphatic rings. The summed E-state index contributed by atoms with van der Waals surface area (Å²) in [4.78, 5) is 13.2. The summed E-state index contributed by atoms with van der Waals surface area (Å²) in [5, 5.41) is 14.4. The number of hydrogen-bond donors (Lipinski definition) is 1. The Morgan fingerprint density at radius 2 is 2.07 bits per heavy atom. The van der Waals surface area contributed by atoms with Crippen molar-refractivity contribution in [1.29, 1.82) is 0 Å². The smallest absolute Gasteiger partial charge is 0.230 e. The molecule has 0 spiro atoms. The van der Waals surface area contributed by atoms with Crippen LogP contribution in [0.4, 0.5) is 0 Å². The third-order valence-corrected chi connectivity index (χ3v) is 5.90. The van der Waals surface area contributed by atoms with E-state index < -0.39 is 0 Å². The molecule has 140 valence electrons. The first kappa shape index (κ1) is 18.1. The van der Waals surface area contributed by atoms with Gasteiger partial charge in [0.15, 0.2) is 11.0 Å². The van der Waals surface area contributed by atoms with Gasteiger partial charge in [0.05, 0.1) is 17.2 Å². The van der Waals surface area contributed by atoms with Crippen LogP contribution in [0.5, 0.6) is 5.75 Å². The molecule has 2 aromatic heterocycles. The van der Waals surface area contributed by atoms with Crippen molar-refractivity contribution < 1.29 is 9.53 Å². The van der Waals surface area contributed by atoms with Crippen LogP contribution in [0.2, 0.25) is 0 Å². The van der Waals surface area contributed by atoms with E-state index in [1.165, 1.54) is 11.8 Å². The normalized spacial score (nSPS) is 13.5. The van der Waals surface area contributed by atoms with Crippen LogP contribution in [0, 0.1) is 0 Å². The van der Waals surface area contributed by atoms with E-state index in [-0.39, 0.29) is 5.91 Å². The molecular formula is C19H20N4O2S2. The zero-order valence-electron chi connectivity index (χ0n) is 14.7. The predicted octanol–water partition coefficient (Wildman–Crippen LogP) is 3.63. The molecule has 3 aromatic rings. The second-order valence-corrected chi connectivity index (χ2v) is 8.07. The fourth-order valence-corrected chi connectivity index (χ4v) is 4.21. The number of thiophene rings is 1. The van der Waals surface area contributed by atoms with Crippen LogP contribution in [0.15, 0.2) is 53.0 Å². The molecule has 1 N–H and O–H groups in total. The van der Waals surface area contributed by atoms with E-state index in [0.29, 0.717) is 24.9 Å². The molecule has 8 heteroatoms. The Morgan fingerprint density at radius 1 is 1.22 bits per heavy atom. The summed E-state index contributed by atoms with van der Waals surface area (Å²) in [6, 6.07) is 14.1. The van der Waals surface area contributed by atoms with Gasteiger partial charge >= 0.3 is 0 Å². The highest BCUT2D eigenvalue weighted by Gasteiger charge is 2.30. The van der Waals surface area contributed by atoms with Crippen molar-refractivity contribution in [3.05, 3.63) is 47.8 Å². The number of para-hydroxylation sites is 1. The number of nitrogens with one attached hydrogen (secondary N) is 1. The highest BCUT2D eigenvalue weighted by Crippen LogP contribution is 2.41. The summed E-state index contributed by atoms with van der Waals surface area (Å²) >= 11 is 3.10. The quantitative estimate of drug-likeness (QED) is 0.439. The van der Waals surface area contributed by atoms with Gasteiger partial charge in [-0.15, -0.1) is 21.5 Å². The Kier molecular flexibility index (Phi) is 5.74. The van der Waals surface area contributed by atoms with Crippen molar-refractivity contribution in [2.75, 3.05) is 18.9 Å². The highest BCUT2D eigenvalue weighted by molar-refractivity contribution is 7.99. The first-order valence-electron chi connectivity index (χ1n) is 8.87. The van der Waals surface area contributed by atoms with Crippen molar-refractivity contribution in [2.45, 2.75) is 24.0 Å². The minimum absolute atomic E-state index is 0.0281. The zero-order chi connectivity index (χ0) is 18.5. The lowest BCUT2D eigenvalue weighted by atomic mass is 10.3. The molecule has 4 rings (SSSR count). The van der Waals surface area contributed by atoms with Gasteiger partial charge < -0.3 is 10.1 Å². The van der Waals surface area contributed by atoms with Crippen LogP contribution in [0.3, 0.4) is 0 Å². The van der Waals surface area contributed by atoms with E-state index in [1.807, 2.05) is 41.8 Å². The Balaban J connectivity index is 1.27. The largest absolute Gasteiger partial charge is 0.492 e. The van der Waals surface area contributed by atoms with Crippen LogP contribution >= 0.6 is 23.1 Å². The lowest BCUT2D eigenvalue weighted by molar-refractivity contribution is -0.118. The zero-order valence-corrected chi connectivity index (χ0v) is 16.3. The van der Waals surface area contributed by atoms with Crippen LogP contribution in [-0.2, 0) is 4.79 Å². The first-order valence-corrected chi connectivity index (χ1v) is 10.7. The summed E-state index contributed by atoms with van der Waals surface area (Å²) in [6.07, 6.45) is 2.29. The van der Waals surface area contributed by atoms with Crippen molar-refractivity contribution in [2.24, 2.45) is 0 Å². The Labute approximate surface area is 166 Å². The van der Waals surface area contributed by atoms with Gasteiger partial charge in [-0.2, -0.15) is 0 Å². The SMILES string of the molecule is O=C(CSc1nnc(-c2cccs2)n1C1CC1)NCCOc1ccccc1. The van der Waals surface area contributed by atoms with Crippen LogP contribution < -0.4 is 10.1 Å². The summed E-state index contributed by atoms with van der Waals surface area (Å²) < 4.78 is 7.76. The van der Waals surface area contributed by atoms with E-state index in [1.54, 1.807) is 11.3 Å². The molecule has 2 heterocycles. The molecule has 0 saturated heterocycles. The first-order chi connectivity index (χ1) is 13.3. The fourth-order valence-electron chi connectivity index (χ4n) is 2.67. The monoisotopic (exact) mass is 400 g/mol. The number of thioether (sulfide) groups is 1. The molecule has 1 fully saturated rings. The van der Waals surface area contributed by atoms with Gasteiger partial charge in [0, 0.05) is 6.04 Å². The predicted molar refractivity (Wildman–Crippen MR) is 107 cm³/mol. The number of aromatic nitrogens is 3.